The highest BCUT2D eigenvalue weighted by Crippen LogP contribution is 2.18. The molecule has 2 amide bonds. The van der Waals surface area contributed by atoms with Gasteiger partial charge in [-0.2, -0.15) is 10.3 Å². The average Bonchev–Trinajstić information content (AvgIpc) is 2.70. The number of aromatic nitrogens is 2. The fourth-order valence-corrected chi connectivity index (χ4v) is 3.60. The number of carbonyl (C=O) groups excluding carboxylic acids is 1. The van der Waals surface area contributed by atoms with Crippen molar-refractivity contribution >= 4 is 17.9 Å². The van der Waals surface area contributed by atoms with Crippen LogP contribution in [0, 0.1) is 11.3 Å². The number of carboxylic acid groups (broad SMARTS) is 1. The summed E-state index contributed by atoms with van der Waals surface area (Å²) in [5.74, 6) is 0.406. The zero-order chi connectivity index (χ0) is 23.2. The van der Waals surface area contributed by atoms with Crippen molar-refractivity contribution in [2.45, 2.75) is 39.3 Å². The Balaban J connectivity index is 1.78. The second kappa shape index (κ2) is 10.4. The quantitative estimate of drug-likeness (QED) is 0.627. The van der Waals surface area contributed by atoms with Crippen molar-refractivity contribution < 1.29 is 19.5 Å². The first kappa shape index (κ1) is 24.3. The minimum absolute atomic E-state index is 0.112. The summed E-state index contributed by atoms with van der Waals surface area (Å²) in [7, 11) is 1.69. The summed E-state index contributed by atoms with van der Waals surface area (Å²) in [6.45, 7) is 9.75. The minimum Gasteiger partial charge on any atom is -0.465 e. The van der Waals surface area contributed by atoms with Gasteiger partial charge in [-0.05, 0) is 27.7 Å². The molecule has 0 bridgehead atoms. The van der Waals surface area contributed by atoms with Crippen molar-refractivity contribution in [3.63, 3.8) is 0 Å². The van der Waals surface area contributed by atoms with Crippen molar-refractivity contribution in [2.24, 2.45) is 0 Å². The third-order valence-electron chi connectivity index (χ3n) is 4.98. The number of rotatable bonds is 7. The molecule has 0 aromatic carbocycles. The van der Waals surface area contributed by atoms with E-state index < -0.39 is 11.6 Å². The van der Waals surface area contributed by atoms with Gasteiger partial charge in [0.25, 0.3) is 5.91 Å². The molecule has 0 radical (unpaired) electrons. The molecule has 2 rings (SSSR count). The number of amides is 2. The largest absolute Gasteiger partial charge is 0.465 e. The number of anilines is 1. The van der Waals surface area contributed by atoms with Gasteiger partial charge in [0, 0.05) is 51.4 Å². The van der Waals surface area contributed by atoms with E-state index in [1.807, 2.05) is 38.7 Å². The van der Waals surface area contributed by atoms with Crippen LogP contribution in [-0.2, 0) is 9.63 Å². The topological polar surface area (TPSA) is 126 Å². The monoisotopic (exact) mass is 433 g/mol. The van der Waals surface area contributed by atoms with Gasteiger partial charge in [-0.3, -0.25) is 14.5 Å². The van der Waals surface area contributed by atoms with Crippen LogP contribution in [0.25, 0.3) is 0 Å². The number of hydrogen-bond donors (Lipinski definition) is 1. The van der Waals surface area contributed by atoms with Gasteiger partial charge in [0.15, 0.2) is 0 Å². The molecule has 2 heterocycles. The number of hydrogen-bond acceptors (Lipinski definition) is 8. The molecule has 11 heteroatoms. The lowest BCUT2D eigenvalue weighted by molar-refractivity contribution is -0.171. The van der Waals surface area contributed by atoms with E-state index in [-0.39, 0.29) is 18.6 Å². The predicted molar refractivity (Wildman–Crippen MR) is 113 cm³/mol. The van der Waals surface area contributed by atoms with Crippen LogP contribution >= 0.6 is 0 Å². The highest BCUT2D eigenvalue weighted by Gasteiger charge is 2.31. The van der Waals surface area contributed by atoms with E-state index in [9.17, 15) is 14.7 Å². The van der Waals surface area contributed by atoms with Gasteiger partial charge in [-0.15, -0.1) is 0 Å². The summed E-state index contributed by atoms with van der Waals surface area (Å²) in [5, 5.41) is 19.8. The second-order valence-electron chi connectivity index (χ2n) is 8.51. The maximum atomic E-state index is 12.5. The predicted octanol–water partition coefficient (Wildman–Crippen LogP) is 1.03. The zero-order valence-electron chi connectivity index (χ0n) is 18.8. The third-order valence-corrected chi connectivity index (χ3v) is 4.98. The third kappa shape index (κ3) is 6.77. The normalized spacial score (nSPS) is 15.5. The molecule has 1 aromatic rings. The summed E-state index contributed by atoms with van der Waals surface area (Å²) in [5.41, 5.74) is -0.137. The van der Waals surface area contributed by atoms with Crippen molar-refractivity contribution in [2.75, 3.05) is 51.3 Å². The van der Waals surface area contributed by atoms with E-state index in [0.29, 0.717) is 44.2 Å². The van der Waals surface area contributed by atoms with Crippen LogP contribution in [0.4, 0.5) is 10.7 Å². The maximum Gasteiger partial charge on any atom is 0.408 e. The molecule has 0 unspecified atom stereocenters. The Morgan fingerprint density at radius 3 is 2.32 bits per heavy atom. The van der Waals surface area contributed by atoms with Crippen LogP contribution in [0.2, 0.25) is 0 Å². The molecule has 1 saturated heterocycles. The number of likely N-dealkylation sites (N-methyl/N-ethyl adjacent to an activating group) is 1. The van der Waals surface area contributed by atoms with Gasteiger partial charge in [0.05, 0.1) is 18.0 Å². The Kier molecular flexibility index (Phi) is 8.13. The average molecular weight is 434 g/mol. The Hall–Kier alpha value is -2.97. The van der Waals surface area contributed by atoms with Crippen molar-refractivity contribution in [3.8, 4) is 6.07 Å². The van der Waals surface area contributed by atoms with Crippen molar-refractivity contribution in [3.05, 3.63) is 18.0 Å². The van der Waals surface area contributed by atoms with E-state index in [0.717, 1.165) is 0 Å². The lowest BCUT2D eigenvalue weighted by atomic mass is 10.0. The lowest BCUT2D eigenvalue weighted by Gasteiger charge is -2.39. The lowest BCUT2D eigenvalue weighted by Crippen LogP contribution is -2.53. The van der Waals surface area contributed by atoms with Crippen LogP contribution < -0.4 is 4.90 Å². The van der Waals surface area contributed by atoms with Crippen molar-refractivity contribution in [1.29, 1.82) is 5.26 Å². The van der Waals surface area contributed by atoms with Crippen LogP contribution in [0.15, 0.2) is 12.4 Å². The molecule has 170 valence electrons. The van der Waals surface area contributed by atoms with E-state index in [1.165, 1.54) is 22.4 Å². The molecule has 1 aliphatic rings. The molecule has 1 aliphatic heterocycles. The highest BCUT2D eigenvalue weighted by molar-refractivity contribution is 5.77. The van der Waals surface area contributed by atoms with Gasteiger partial charge in [-0.25, -0.2) is 14.8 Å². The number of piperazine rings is 1. The molecular weight excluding hydrogens is 402 g/mol. The molecule has 0 aliphatic carbocycles. The fraction of sp³-hybridized carbons (Fsp3) is 0.650. The maximum absolute atomic E-state index is 12.5. The summed E-state index contributed by atoms with van der Waals surface area (Å²) >= 11 is 0. The van der Waals surface area contributed by atoms with Gasteiger partial charge in [-0.1, -0.05) is 0 Å². The molecular formula is C20H31N7O4. The molecule has 1 atom stereocenters. The Morgan fingerprint density at radius 2 is 1.84 bits per heavy atom. The Morgan fingerprint density at radius 1 is 1.26 bits per heavy atom. The Bertz CT molecular complexity index is 795. The van der Waals surface area contributed by atoms with Gasteiger partial charge in [0.1, 0.15) is 12.7 Å². The smallest absolute Gasteiger partial charge is 0.408 e. The van der Waals surface area contributed by atoms with Crippen LogP contribution in [-0.4, -0.2) is 99.9 Å². The summed E-state index contributed by atoms with van der Waals surface area (Å²) < 4.78 is 0. The Labute approximate surface area is 182 Å². The van der Waals surface area contributed by atoms with Crippen LogP contribution in [0.3, 0.4) is 0 Å². The van der Waals surface area contributed by atoms with E-state index >= 15 is 0 Å². The number of hydroxylamine groups is 2. The SMILES string of the molecule is C[C@@H](CN(C)OCC(=O)N1CCN(c2ncc(C#N)cn2)CC1)N(C(=O)O)C(C)(C)C. The molecule has 1 fully saturated rings. The summed E-state index contributed by atoms with van der Waals surface area (Å²) in [4.78, 5) is 43.1. The van der Waals surface area contributed by atoms with E-state index in [1.54, 1.807) is 11.9 Å². The number of nitrogens with zero attached hydrogens (tertiary/aromatic N) is 7. The molecule has 11 nitrogen and oxygen atoms in total. The summed E-state index contributed by atoms with van der Waals surface area (Å²) in [6.07, 6.45) is 1.97. The number of carbonyl (C=O) groups is 2. The number of nitriles is 1. The van der Waals surface area contributed by atoms with Crippen LogP contribution in [0.1, 0.15) is 33.3 Å². The molecule has 1 aromatic heterocycles. The molecule has 1 N–H and O–H groups in total. The highest BCUT2D eigenvalue weighted by atomic mass is 16.7. The minimum atomic E-state index is -0.992. The first-order valence-electron chi connectivity index (χ1n) is 10.1. The van der Waals surface area contributed by atoms with Crippen LogP contribution in [0.5, 0.6) is 0 Å². The van der Waals surface area contributed by atoms with E-state index in [2.05, 4.69) is 9.97 Å². The first-order valence-corrected chi connectivity index (χ1v) is 10.1. The first-order chi connectivity index (χ1) is 14.5. The summed E-state index contributed by atoms with van der Waals surface area (Å²) in [6, 6.07) is 1.68. The van der Waals surface area contributed by atoms with Crippen molar-refractivity contribution in [1.82, 2.24) is 24.8 Å². The zero-order valence-corrected chi connectivity index (χ0v) is 18.8. The molecule has 31 heavy (non-hydrogen) atoms. The van der Waals surface area contributed by atoms with Gasteiger partial charge < -0.3 is 14.9 Å². The fourth-order valence-electron chi connectivity index (χ4n) is 3.60. The van der Waals surface area contributed by atoms with Gasteiger partial charge >= 0.3 is 6.09 Å². The van der Waals surface area contributed by atoms with E-state index in [4.69, 9.17) is 10.1 Å². The van der Waals surface area contributed by atoms with Gasteiger partial charge in [0.2, 0.25) is 5.95 Å². The second-order valence-corrected chi connectivity index (χ2v) is 8.51. The standard InChI is InChI=1S/C20H31N7O4/c1-15(27(19(29)30)20(2,3)4)13-24(5)31-14-17(28)25-6-8-26(9-7-25)18-22-11-16(10-21)12-23-18/h11-12,15H,6-9,13-14H2,1-5H3,(H,29,30)/t15-/m0/s1. The molecule has 0 spiro atoms. The molecule has 0 saturated carbocycles.